The minimum Gasteiger partial charge on any atom is -0.507 e. The van der Waals surface area contributed by atoms with Gasteiger partial charge in [-0.15, -0.1) is 0 Å². The largest absolute Gasteiger partial charge is 0.507 e. The molecular formula is C22H17NO2. The third-order valence-electron chi connectivity index (χ3n) is 4.10. The van der Waals surface area contributed by atoms with E-state index >= 15 is 0 Å². The number of ether oxygens (including phenoxy) is 1. The summed E-state index contributed by atoms with van der Waals surface area (Å²) in [4.78, 5) is 4.59. The number of para-hydroxylation sites is 1. The van der Waals surface area contributed by atoms with Crippen molar-refractivity contribution in [3.8, 4) is 22.6 Å². The Bertz CT molecular complexity index is 1010. The summed E-state index contributed by atoms with van der Waals surface area (Å²) in [6, 6.07) is 27.1. The molecule has 4 aromatic rings. The molecule has 3 aromatic carbocycles. The van der Waals surface area contributed by atoms with Crippen molar-refractivity contribution in [2.24, 2.45) is 0 Å². The smallest absolute Gasteiger partial charge is 0.130 e. The number of hydrogen-bond donors (Lipinski definition) is 1. The Morgan fingerprint density at radius 3 is 2.44 bits per heavy atom. The molecule has 0 aliphatic carbocycles. The van der Waals surface area contributed by atoms with Crippen molar-refractivity contribution in [2.75, 3.05) is 0 Å². The molecule has 3 heteroatoms. The van der Waals surface area contributed by atoms with Gasteiger partial charge in [0.1, 0.15) is 18.1 Å². The fourth-order valence-electron chi connectivity index (χ4n) is 2.81. The second-order valence-electron chi connectivity index (χ2n) is 5.83. The number of nitrogens with zero attached hydrogens (tertiary/aromatic N) is 1. The lowest BCUT2D eigenvalue weighted by Crippen LogP contribution is -1.98. The van der Waals surface area contributed by atoms with Crippen LogP contribution in [0.4, 0.5) is 0 Å². The maximum Gasteiger partial charge on any atom is 0.130 e. The highest BCUT2D eigenvalue weighted by Gasteiger charge is 2.06. The van der Waals surface area contributed by atoms with Crippen LogP contribution >= 0.6 is 0 Å². The molecule has 122 valence electrons. The number of phenolic OH excluding ortho intramolecular Hbond substituents is 1. The molecule has 3 nitrogen and oxygen atoms in total. The zero-order valence-corrected chi connectivity index (χ0v) is 13.6. The first-order chi connectivity index (χ1) is 12.3. The first-order valence-electron chi connectivity index (χ1n) is 8.15. The Labute approximate surface area is 146 Å². The van der Waals surface area contributed by atoms with E-state index in [4.69, 9.17) is 4.74 Å². The number of aromatic nitrogens is 1. The molecule has 1 N–H and O–H groups in total. The monoisotopic (exact) mass is 327 g/mol. The van der Waals surface area contributed by atoms with Gasteiger partial charge in [-0.3, -0.25) is 0 Å². The fraction of sp³-hybridized carbons (Fsp3) is 0.0455. The molecule has 0 spiro atoms. The van der Waals surface area contributed by atoms with E-state index in [1.54, 1.807) is 6.07 Å². The van der Waals surface area contributed by atoms with Crippen LogP contribution < -0.4 is 4.74 Å². The number of hydrogen-bond acceptors (Lipinski definition) is 3. The fourth-order valence-corrected chi connectivity index (χ4v) is 2.81. The van der Waals surface area contributed by atoms with Crippen LogP contribution in [0.15, 0.2) is 84.9 Å². The molecule has 0 aliphatic rings. The number of rotatable bonds is 4. The number of aromatic hydroxyl groups is 1. The van der Waals surface area contributed by atoms with E-state index in [1.807, 2.05) is 78.9 Å². The first-order valence-corrected chi connectivity index (χ1v) is 8.15. The van der Waals surface area contributed by atoms with Gasteiger partial charge in [-0.2, -0.15) is 0 Å². The third kappa shape index (κ3) is 3.31. The van der Waals surface area contributed by atoms with E-state index in [9.17, 15) is 5.11 Å². The second-order valence-corrected chi connectivity index (χ2v) is 5.83. The van der Waals surface area contributed by atoms with Crippen LogP contribution in [0.5, 0.6) is 11.5 Å². The lowest BCUT2D eigenvalue weighted by Gasteiger charge is -2.10. The van der Waals surface area contributed by atoms with Crippen molar-refractivity contribution >= 4 is 10.9 Å². The summed E-state index contributed by atoms with van der Waals surface area (Å²) < 4.78 is 5.79. The second kappa shape index (κ2) is 6.65. The summed E-state index contributed by atoms with van der Waals surface area (Å²) in [6.45, 7) is 0.356. The summed E-state index contributed by atoms with van der Waals surface area (Å²) in [5, 5.41) is 11.4. The predicted molar refractivity (Wildman–Crippen MR) is 99.6 cm³/mol. The molecule has 0 saturated heterocycles. The average molecular weight is 327 g/mol. The Kier molecular flexibility index (Phi) is 4.05. The highest BCUT2D eigenvalue weighted by Crippen LogP contribution is 2.32. The van der Waals surface area contributed by atoms with Crippen molar-refractivity contribution in [3.63, 3.8) is 0 Å². The summed E-state index contributed by atoms with van der Waals surface area (Å²) in [5.74, 6) is 0.822. The van der Waals surface area contributed by atoms with Crippen LogP contribution in [-0.2, 0) is 6.61 Å². The number of pyridine rings is 1. The van der Waals surface area contributed by atoms with Crippen molar-refractivity contribution in [1.82, 2.24) is 4.98 Å². The van der Waals surface area contributed by atoms with Gasteiger partial charge < -0.3 is 9.84 Å². The van der Waals surface area contributed by atoms with Crippen LogP contribution in [0, 0.1) is 0 Å². The van der Waals surface area contributed by atoms with Crippen molar-refractivity contribution in [2.45, 2.75) is 6.61 Å². The Hall–Kier alpha value is -3.33. The van der Waals surface area contributed by atoms with E-state index in [-0.39, 0.29) is 5.75 Å². The summed E-state index contributed by atoms with van der Waals surface area (Å²) in [5.41, 5.74) is 3.57. The highest BCUT2D eigenvalue weighted by molar-refractivity contribution is 5.78. The van der Waals surface area contributed by atoms with Gasteiger partial charge in [0.05, 0.1) is 11.2 Å². The minimum atomic E-state index is 0.204. The summed E-state index contributed by atoms with van der Waals surface area (Å²) in [6.07, 6.45) is 0. The van der Waals surface area contributed by atoms with Gasteiger partial charge in [-0.05, 0) is 29.8 Å². The molecule has 0 fully saturated rings. The van der Waals surface area contributed by atoms with Gasteiger partial charge in [-0.1, -0.05) is 54.6 Å². The van der Waals surface area contributed by atoms with Gasteiger partial charge in [0.2, 0.25) is 0 Å². The highest BCUT2D eigenvalue weighted by atomic mass is 16.5. The SMILES string of the molecule is Oc1cc(OCc2ccc3ccccc3n2)ccc1-c1ccccc1. The average Bonchev–Trinajstić information content (AvgIpc) is 2.67. The van der Waals surface area contributed by atoms with E-state index in [0.29, 0.717) is 12.4 Å². The third-order valence-corrected chi connectivity index (χ3v) is 4.10. The molecule has 0 saturated carbocycles. The van der Waals surface area contributed by atoms with Crippen LogP contribution in [0.2, 0.25) is 0 Å². The van der Waals surface area contributed by atoms with Gasteiger partial charge in [0.25, 0.3) is 0 Å². The molecule has 1 heterocycles. The van der Waals surface area contributed by atoms with Crippen molar-refractivity contribution in [3.05, 3.63) is 90.6 Å². The zero-order chi connectivity index (χ0) is 17.1. The molecule has 0 amide bonds. The van der Waals surface area contributed by atoms with E-state index in [2.05, 4.69) is 4.98 Å². The predicted octanol–water partition coefficient (Wildman–Crippen LogP) is 5.19. The molecule has 0 atom stereocenters. The molecular weight excluding hydrogens is 310 g/mol. The Morgan fingerprint density at radius 1 is 0.800 bits per heavy atom. The van der Waals surface area contributed by atoms with Crippen LogP contribution in [-0.4, -0.2) is 10.1 Å². The Balaban J connectivity index is 1.51. The molecule has 0 aliphatic heterocycles. The van der Waals surface area contributed by atoms with Gasteiger partial charge in [-0.25, -0.2) is 4.98 Å². The van der Waals surface area contributed by atoms with E-state index in [0.717, 1.165) is 27.7 Å². The molecule has 0 bridgehead atoms. The van der Waals surface area contributed by atoms with E-state index < -0.39 is 0 Å². The maximum atomic E-state index is 10.3. The normalized spacial score (nSPS) is 10.7. The van der Waals surface area contributed by atoms with Crippen LogP contribution in [0.25, 0.3) is 22.0 Å². The van der Waals surface area contributed by atoms with Crippen molar-refractivity contribution in [1.29, 1.82) is 0 Å². The van der Waals surface area contributed by atoms with Crippen molar-refractivity contribution < 1.29 is 9.84 Å². The lowest BCUT2D eigenvalue weighted by atomic mass is 10.0. The zero-order valence-electron chi connectivity index (χ0n) is 13.6. The standard InChI is InChI=1S/C22H17NO2/c24-22-14-19(12-13-20(22)16-6-2-1-3-7-16)25-15-18-11-10-17-8-4-5-9-21(17)23-18/h1-14,24H,15H2. The van der Waals surface area contributed by atoms with Crippen LogP contribution in [0.1, 0.15) is 5.69 Å². The molecule has 0 radical (unpaired) electrons. The minimum absolute atomic E-state index is 0.204. The number of phenols is 1. The summed E-state index contributed by atoms with van der Waals surface area (Å²) in [7, 11) is 0. The maximum absolute atomic E-state index is 10.3. The molecule has 25 heavy (non-hydrogen) atoms. The lowest BCUT2D eigenvalue weighted by molar-refractivity contribution is 0.300. The quantitative estimate of drug-likeness (QED) is 0.561. The summed E-state index contributed by atoms with van der Waals surface area (Å²) >= 11 is 0. The first kappa shape index (κ1) is 15.2. The Morgan fingerprint density at radius 2 is 1.60 bits per heavy atom. The molecule has 0 unspecified atom stereocenters. The molecule has 4 rings (SSSR count). The topological polar surface area (TPSA) is 42.4 Å². The van der Waals surface area contributed by atoms with Crippen LogP contribution in [0.3, 0.4) is 0 Å². The van der Waals surface area contributed by atoms with Gasteiger partial charge in [0, 0.05) is 17.0 Å². The van der Waals surface area contributed by atoms with E-state index in [1.165, 1.54) is 0 Å². The molecule has 1 aromatic heterocycles. The number of fused-ring (bicyclic) bond motifs is 1. The number of benzene rings is 3. The van der Waals surface area contributed by atoms with Gasteiger partial charge in [0.15, 0.2) is 0 Å². The van der Waals surface area contributed by atoms with Gasteiger partial charge >= 0.3 is 0 Å².